The average Bonchev–Trinajstić information content (AvgIpc) is 2.35. The van der Waals surface area contributed by atoms with Gasteiger partial charge in [0.25, 0.3) is 0 Å². The molecule has 0 bridgehead atoms. The summed E-state index contributed by atoms with van der Waals surface area (Å²) in [5.74, 6) is -0.294. The van der Waals surface area contributed by atoms with E-state index in [1.165, 1.54) is 6.20 Å². The second kappa shape index (κ2) is 2.45. The van der Waals surface area contributed by atoms with Gasteiger partial charge in [-0.15, -0.1) is 0 Å². The number of nitrogens with zero attached hydrogens (tertiary/aromatic N) is 1. The fourth-order valence-corrected chi connectivity index (χ4v) is 1.23. The van der Waals surface area contributed by atoms with Crippen LogP contribution < -0.4 is 0 Å². The van der Waals surface area contributed by atoms with E-state index in [0.29, 0.717) is 16.2 Å². The van der Waals surface area contributed by atoms with E-state index in [1.807, 2.05) is 0 Å². The minimum absolute atomic E-state index is 0.294. The van der Waals surface area contributed by atoms with Crippen LogP contribution in [0.3, 0.4) is 0 Å². The largest absolute Gasteiger partial charge is 0.343 e. The van der Waals surface area contributed by atoms with E-state index in [-0.39, 0.29) is 5.82 Å². The standard InChI is InChI=1S/C8H6ClFN2/c1-4-2-5-6(10)3-11-8(5)12-7(4)9/h2-3H,1H3,(H,11,12). The highest BCUT2D eigenvalue weighted by molar-refractivity contribution is 6.30. The number of aromatic nitrogens is 2. The number of hydrogen-bond donors (Lipinski definition) is 1. The van der Waals surface area contributed by atoms with Crippen molar-refractivity contribution in [3.63, 3.8) is 0 Å². The van der Waals surface area contributed by atoms with E-state index in [1.54, 1.807) is 13.0 Å². The molecule has 0 radical (unpaired) electrons. The highest BCUT2D eigenvalue weighted by Crippen LogP contribution is 2.20. The molecule has 2 heterocycles. The zero-order valence-corrected chi connectivity index (χ0v) is 7.11. The zero-order valence-electron chi connectivity index (χ0n) is 6.36. The van der Waals surface area contributed by atoms with Crippen LogP contribution >= 0.6 is 11.6 Å². The molecule has 0 unspecified atom stereocenters. The lowest BCUT2D eigenvalue weighted by molar-refractivity contribution is 0.639. The van der Waals surface area contributed by atoms with Gasteiger partial charge in [-0.1, -0.05) is 11.6 Å². The van der Waals surface area contributed by atoms with Crippen molar-refractivity contribution < 1.29 is 4.39 Å². The van der Waals surface area contributed by atoms with Gasteiger partial charge in [-0.3, -0.25) is 0 Å². The van der Waals surface area contributed by atoms with Gasteiger partial charge in [0, 0.05) is 6.20 Å². The van der Waals surface area contributed by atoms with Gasteiger partial charge in [-0.25, -0.2) is 9.37 Å². The monoisotopic (exact) mass is 184 g/mol. The maximum absolute atomic E-state index is 12.9. The molecule has 2 aromatic rings. The number of rotatable bonds is 0. The first-order valence-corrected chi connectivity index (χ1v) is 3.86. The molecule has 0 atom stereocenters. The summed E-state index contributed by atoms with van der Waals surface area (Å²) in [6.45, 7) is 1.79. The molecule has 0 aromatic carbocycles. The van der Waals surface area contributed by atoms with Crippen molar-refractivity contribution >= 4 is 22.6 Å². The number of pyridine rings is 1. The van der Waals surface area contributed by atoms with Gasteiger partial charge >= 0.3 is 0 Å². The van der Waals surface area contributed by atoms with Crippen molar-refractivity contribution in [3.8, 4) is 0 Å². The van der Waals surface area contributed by atoms with Crippen LogP contribution in [0.2, 0.25) is 5.15 Å². The lowest BCUT2D eigenvalue weighted by Crippen LogP contribution is -1.82. The highest BCUT2D eigenvalue weighted by atomic mass is 35.5. The second-order valence-corrected chi connectivity index (χ2v) is 2.99. The van der Waals surface area contributed by atoms with E-state index in [0.717, 1.165) is 5.56 Å². The van der Waals surface area contributed by atoms with Crippen LogP contribution in [0.25, 0.3) is 11.0 Å². The summed E-state index contributed by atoms with van der Waals surface area (Å²) in [5.41, 5.74) is 1.27. The Bertz CT molecular complexity index is 436. The summed E-state index contributed by atoms with van der Waals surface area (Å²) in [5, 5.41) is 0.890. The van der Waals surface area contributed by atoms with Crippen LogP contribution in [0, 0.1) is 12.7 Å². The predicted octanol–water partition coefficient (Wildman–Crippen LogP) is 2.66. The van der Waals surface area contributed by atoms with E-state index < -0.39 is 0 Å². The molecule has 2 nitrogen and oxygen atoms in total. The molecule has 0 fully saturated rings. The Morgan fingerprint density at radius 2 is 2.33 bits per heavy atom. The maximum Gasteiger partial charge on any atom is 0.150 e. The molecule has 0 aliphatic rings. The quantitative estimate of drug-likeness (QED) is 0.627. The molecule has 12 heavy (non-hydrogen) atoms. The van der Waals surface area contributed by atoms with E-state index in [9.17, 15) is 4.39 Å². The molecule has 1 N–H and O–H groups in total. The van der Waals surface area contributed by atoms with Crippen molar-refractivity contribution in [2.45, 2.75) is 6.92 Å². The van der Waals surface area contributed by atoms with Gasteiger partial charge in [0.1, 0.15) is 16.6 Å². The molecular weight excluding hydrogens is 179 g/mol. The number of hydrogen-bond acceptors (Lipinski definition) is 1. The van der Waals surface area contributed by atoms with Crippen LogP contribution in [0.15, 0.2) is 12.3 Å². The van der Waals surface area contributed by atoms with Gasteiger partial charge in [0.2, 0.25) is 0 Å². The van der Waals surface area contributed by atoms with Crippen molar-refractivity contribution in [1.29, 1.82) is 0 Å². The van der Waals surface area contributed by atoms with Crippen LogP contribution in [-0.2, 0) is 0 Å². The van der Waals surface area contributed by atoms with Crippen molar-refractivity contribution in [3.05, 3.63) is 28.8 Å². The third-order valence-electron chi connectivity index (χ3n) is 1.74. The Labute approximate surface area is 73.4 Å². The first-order chi connectivity index (χ1) is 5.68. The minimum atomic E-state index is -0.294. The molecule has 2 aromatic heterocycles. The van der Waals surface area contributed by atoms with Crippen molar-refractivity contribution in [1.82, 2.24) is 9.97 Å². The Morgan fingerprint density at radius 3 is 3.08 bits per heavy atom. The summed E-state index contributed by atoms with van der Waals surface area (Å²) in [7, 11) is 0. The molecular formula is C8H6ClFN2. The molecule has 0 saturated carbocycles. The van der Waals surface area contributed by atoms with Crippen molar-refractivity contribution in [2.24, 2.45) is 0 Å². The Balaban J connectivity index is 2.87. The molecule has 62 valence electrons. The third kappa shape index (κ3) is 0.975. The number of halogens is 2. The number of fused-ring (bicyclic) bond motifs is 1. The van der Waals surface area contributed by atoms with E-state index >= 15 is 0 Å². The lowest BCUT2D eigenvalue weighted by Gasteiger charge is -1.95. The summed E-state index contributed by atoms with van der Waals surface area (Å²) < 4.78 is 12.9. The molecule has 0 saturated heterocycles. The van der Waals surface area contributed by atoms with Crippen molar-refractivity contribution in [2.75, 3.05) is 0 Å². The lowest BCUT2D eigenvalue weighted by atomic mass is 10.2. The molecule has 0 amide bonds. The molecule has 4 heteroatoms. The predicted molar refractivity (Wildman–Crippen MR) is 45.8 cm³/mol. The summed E-state index contributed by atoms with van der Waals surface area (Å²) in [4.78, 5) is 6.65. The second-order valence-electron chi connectivity index (χ2n) is 2.63. The Kier molecular flexibility index (Phi) is 1.54. The van der Waals surface area contributed by atoms with E-state index in [2.05, 4.69) is 9.97 Å². The van der Waals surface area contributed by atoms with Gasteiger partial charge in [-0.05, 0) is 18.6 Å². The average molecular weight is 185 g/mol. The molecule has 0 aliphatic heterocycles. The number of nitrogens with one attached hydrogen (secondary N) is 1. The van der Waals surface area contributed by atoms with Crippen LogP contribution in [0.1, 0.15) is 5.56 Å². The van der Waals surface area contributed by atoms with E-state index in [4.69, 9.17) is 11.6 Å². The van der Waals surface area contributed by atoms with Crippen LogP contribution in [0.4, 0.5) is 4.39 Å². The first-order valence-electron chi connectivity index (χ1n) is 3.48. The van der Waals surface area contributed by atoms with Gasteiger partial charge in [0.15, 0.2) is 0 Å². The smallest absolute Gasteiger partial charge is 0.150 e. The van der Waals surface area contributed by atoms with Gasteiger partial charge in [-0.2, -0.15) is 0 Å². The number of aryl methyl sites for hydroxylation is 1. The van der Waals surface area contributed by atoms with Crippen LogP contribution in [0.5, 0.6) is 0 Å². The first kappa shape index (κ1) is 7.55. The fourth-order valence-electron chi connectivity index (χ4n) is 1.09. The molecule has 0 aliphatic carbocycles. The zero-order chi connectivity index (χ0) is 8.72. The SMILES string of the molecule is Cc1cc2c(F)c[nH]c2nc1Cl. The number of aromatic amines is 1. The Morgan fingerprint density at radius 1 is 1.58 bits per heavy atom. The third-order valence-corrected chi connectivity index (χ3v) is 2.13. The number of H-pyrrole nitrogens is 1. The summed E-state index contributed by atoms with van der Waals surface area (Å²) >= 11 is 5.74. The van der Waals surface area contributed by atoms with Crippen LogP contribution in [-0.4, -0.2) is 9.97 Å². The fraction of sp³-hybridized carbons (Fsp3) is 0.125. The molecule has 2 rings (SSSR count). The minimum Gasteiger partial charge on any atom is -0.343 e. The Hall–Kier alpha value is -1.09. The normalized spacial score (nSPS) is 10.9. The molecule has 0 spiro atoms. The highest BCUT2D eigenvalue weighted by Gasteiger charge is 2.06. The topological polar surface area (TPSA) is 28.7 Å². The maximum atomic E-state index is 12.9. The summed E-state index contributed by atoms with van der Waals surface area (Å²) in [6, 6.07) is 1.68. The summed E-state index contributed by atoms with van der Waals surface area (Å²) in [6.07, 6.45) is 1.27. The van der Waals surface area contributed by atoms with Gasteiger partial charge < -0.3 is 4.98 Å². The van der Waals surface area contributed by atoms with Gasteiger partial charge in [0.05, 0.1) is 5.39 Å².